The van der Waals surface area contributed by atoms with Crippen molar-refractivity contribution in [2.45, 2.75) is 19.9 Å². The molecule has 0 N–H and O–H groups in total. The van der Waals surface area contributed by atoms with Crippen molar-refractivity contribution in [3.05, 3.63) is 34.3 Å². The van der Waals surface area contributed by atoms with Crippen LogP contribution in [-0.2, 0) is 6.54 Å². The predicted octanol–water partition coefficient (Wildman–Crippen LogP) is 2.87. The first-order valence-electron chi connectivity index (χ1n) is 7.60. The van der Waals surface area contributed by atoms with Crippen molar-refractivity contribution >= 4 is 32.8 Å². The minimum absolute atomic E-state index is 0.993. The molecule has 22 heavy (non-hydrogen) atoms. The third-order valence-corrected chi connectivity index (χ3v) is 5.82. The highest BCUT2D eigenvalue weighted by molar-refractivity contribution is 7.20. The molecule has 1 saturated heterocycles. The van der Waals surface area contributed by atoms with Crippen LogP contribution in [0.25, 0.3) is 4.96 Å². The fraction of sp³-hybridized carbons (Fsp3) is 0.467. The van der Waals surface area contributed by atoms with Crippen LogP contribution in [-0.4, -0.2) is 45.7 Å². The average molecular weight is 333 g/mol. The van der Waals surface area contributed by atoms with Crippen LogP contribution in [0.2, 0.25) is 0 Å². The summed E-state index contributed by atoms with van der Waals surface area (Å²) >= 11 is 3.54. The molecule has 1 aliphatic heterocycles. The number of imidazole rings is 1. The summed E-state index contributed by atoms with van der Waals surface area (Å²) in [5, 5.41) is 7.94. The Balaban J connectivity index is 1.44. The number of nitrogens with zero attached hydrogens (tertiary/aromatic N) is 5. The molecular formula is C15H19N5S2. The van der Waals surface area contributed by atoms with E-state index in [1.165, 1.54) is 11.3 Å². The third-order valence-electron chi connectivity index (χ3n) is 3.97. The van der Waals surface area contributed by atoms with E-state index in [0.29, 0.717) is 0 Å². The molecule has 0 aliphatic carbocycles. The Hall–Kier alpha value is -1.44. The van der Waals surface area contributed by atoms with Crippen LogP contribution in [0.3, 0.4) is 0 Å². The first kappa shape index (κ1) is 14.2. The van der Waals surface area contributed by atoms with Gasteiger partial charge < -0.3 is 4.90 Å². The molecule has 0 amide bonds. The molecule has 0 saturated carbocycles. The molecule has 3 aromatic rings. The fourth-order valence-electron chi connectivity index (χ4n) is 2.87. The highest BCUT2D eigenvalue weighted by Gasteiger charge is 2.19. The number of thiophene rings is 1. The van der Waals surface area contributed by atoms with Crippen molar-refractivity contribution in [1.82, 2.24) is 19.5 Å². The van der Waals surface area contributed by atoms with E-state index in [1.54, 1.807) is 11.3 Å². The second kappa shape index (κ2) is 5.98. The Kier molecular flexibility index (Phi) is 3.85. The van der Waals surface area contributed by atoms with E-state index in [-0.39, 0.29) is 0 Å². The molecule has 3 aromatic heterocycles. The number of hydrogen-bond acceptors (Lipinski definition) is 6. The van der Waals surface area contributed by atoms with Crippen molar-refractivity contribution in [2.24, 2.45) is 0 Å². The molecule has 0 atom stereocenters. The molecule has 1 fully saturated rings. The molecule has 7 heteroatoms. The van der Waals surface area contributed by atoms with Gasteiger partial charge in [0.15, 0.2) is 0 Å². The molecule has 0 radical (unpaired) electrons. The number of hydrogen-bond donors (Lipinski definition) is 0. The summed E-state index contributed by atoms with van der Waals surface area (Å²) in [5.41, 5.74) is 1.03. The zero-order valence-corrected chi connectivity index (χ0v) is 14.2. The van der Waals surface area contributed by atoms with Gasteiger partial charge in [-0.15, -0.1) is 16.4 Å². The summed E-state index contributed by atoms with van der Waals surface area (Å²) in [6.07, 6.45) is 3.18. The van der Waals surface area contributed by atoms with Crippen LogP contribution < -0.4 is 4.90 Å². The van der Waals surface area contributed by atoms with Crippen molar-refractivity contribution in [3.8, 4) is 0 Å². The van der Waals surface area contributed by atoms with Gasteiger partial charge in [0.05, 0.1) is 11.9 Å². The lowest BCUT2D eigenvalue weighted by molar-refractivity contribution is 0.288. The SMILES string of the molecule is Cc1cn2nc(N3CCCN(Cc4cccs4)CC3)sc2n1. The van der Waals surface area contributed by atoms with Crippen molar-refractivity contribution in [1.29, 1.82) is 0 Å². The smallest absolute Gasteiger partial charge is 0.214 e. The summed E-state index contributed by atoms with van der Waals surface area (Å²) in [6.45, 7) is 7.47. The lowest BCUT2D eigenvalue weighted by atomic mass is 10.3. The van der Waals surface area contributed by atoms with Crippen LogP contribution >= 0.6 is 22.7 Å². The molecular weight excluding hydrogens is 314 g/mol. The van der Waals surface area contributed by atoms with Crippen LogP contribution in [0.1, 0.15) is 17.0 Å². The third kappa shape index (κ3) is 2.88. The Labute approximate surface area is 137 Å². The molecule has 0 bridgehead atoms. The maximum Gasteiger partial charge on any atom is 0.214 e. The Bertz CT molecular complexity index is 714. The molecule has 4 rings (SSSR count). The highest BCUT2D eigenvalue weighted by Crippen LogP contribution is 2.24. The second-order valence-electron chi connectivity index (χ2n) is 5.69. The van der Waals surface area contributed by atoms with Crippen LogP contribution in [0.4, 0.5) is 5.13 Å². The minimum atomic E-state index is 0.993. The molecule has 4 heterocycles. The molecule has 5 nitrogen and oxygen atoms in total. The van der Waals surface area contributed by atoms with Gasteiger partial charge >= 0.3 is 0 Å². The largest absolute Gasteiger partial charge is 0.345 e. The Morgan fingerprint density at radius 1 is 1.23 bits per heavy atom. The standard InChI is InChI=1S/C15H19N5S2/c1-12-10-20-14(16-12)22-15(17-20)19-6-3-5-18(7-8-19)11-13-4-2-9-21-13/h2,4,9-10H,3,5-8,11H2,1H3. The first-order valence-corrected chi connectivity index (χ1v) is 9.30. The van der Waals surface area contributed by atoms with Crippen molar-refractivity contribution < 1.29 is 0 Å². The van der Waals surface area contributed by atoms with Crippen molar-refractivity contribution in [3.63, 3.8) is 0 Å². The first-order chi connectivity index (χ1) is 10.8. The summed E-state index contributed by atoms with van der Waals surface area (Å²) in [4.78, 5) is 11.9. The maximum atomic E-state index is 4.68. The van der Waals surface area contributed by atoms with E-state index in [0.717, 1.165) is 48.5 Å². The zero-order valence-electron chi connectivity index (χ0n) is 12.6. The van der Waals surface area contributed by atoms with Gasteiger partial charge in [-0.3, -0.25) is 4.90 Å². The number of fused-ring (bicyclic) bond motifs is 1. The maximum absolute atomic E-state index is 4.68. The average Bonchev–Trinajstić information content (AvgIpc) is 3.14. The van der Waals surface area contributed by atoms with Gasteiger partial charge in [-0.1, -0.05) is 17.4 Å². The normalized spacial score (nSPS) is 17.2. The van der Waals surface area contributed by atoms with Gasteiger partial charge in [0.25, 0.3) is 0 Å². The topological polar surface area (TPSA) is 36.7 Å². The molecule has 0 spiro atoms. The summed E-state index contributed by atoms with van der Waals surface area (Å²) in [7, 11) is 0. The minimum Gasteiger partial charge on any atom is -0.345 e. The van der Waals surface area contributed by atoms with Gasteiger partial charge in [0.2, 0.25) is 10.1 Å². The van der Waals surface area contributed by atoms with Gasteiger partial charge in [-0.2, -0.15) is 0 Å². The van der Waals surface area contributed by atoms with Crippen LogP contribution in [0.15, 0.2) is 23.7 Å². The number of anilines is 1. The lowest BCUT2D eigenvalue weighted by Crippen LogP contribution is -2.30. The van der Waals surface area contributed by atoms with Gasteiger partial charge in [0, 0.05) is 37.6 Å². The Morgan fingerprint density at radius 3 is 3.00 bits per heavy atom. The molecule has 116 valence electrons. The molecule has 0 unspecified atom stereocenters. The fourth-order valence-corrected chi connectivity index (χ4v) is 4.60. The summed E-state index contributed by atoms with van der Waals surface area (Å²) in [6, 6.07) is 4.36. The van der Waals surface area contributed by atoms with E-state index in [1.807, 2.05) is 29.0 Å². The quantitative estimate of drug-likeness (QED) is 0.738. The van der Waals surface area contributed by atoms with Gasteiger partial charge in [-0.05, 0) is 24.8 Å². The predicted molar refractivity (Wildman–Crippen MR) is 92.0 cm³/mol. The van der Waals surface area contributed by atoms with E-state index in [4.69, 9.17) is 0 Å². The van der Waals surface area contributed by atoms with E-state index < -0.39 is 0 Å². The summed E-state index contributed by atoms with van der Waals surface area (Å²) < 4.78 is 1.91. The number of rotatable bonds is 3. The highest BCUT2D eigenvalue weighted by atomic mass is 32.1. The van der Waals surface area contributed by atoms with E-state index in [9.17, 15) is 0 Å². The van der Waals surface area contributed by atoms with Crippen LogP contribution in [0, 0.1) is 6.92 Å². The van der Waals surface area contributed by atoms with E-state index in [2.05, 4.69) is 37.4 Å². The second-order valence-corrected chi connectivity index (χ2v) is 7.66. The lowest BCUT2D eigenvalue weighted by Gasteiger charge is -2.20. The monoisotopic (exact) mass is 333 g/mol. The zero-order chi connectivity index (χ0) is 14.9. The summed E-state index contributed by atoms with van der Waals surface area (Å²) in [5.74, 6) is 0. The molecule has 0 aromatic carbocycles. The van der Waals surface area contributed by atoms with Gasteiger partial charge in [0.1, 0.15) is 0 Å². The molecule has 1 aliphatic rings. The Morgan fingerprint density at radius 2 is 2.18 bits per heavy atom. The van der Waals surface area contributed by atoms with E-state index >= 15 is 0 Å². The van der Waals surface area contributed by atoms with Crippen LogP contribution in [0.5, 0.6) is 0 Å². The number of aryl methyl sites for hydroxylation is 1. The van der Waals surface area contributed by atoms with Crippen molar-refractivity contribution in [2.75, 3.05) is 31.1 Å². The van der Waals surface area contributed by atoms with Gasteiger partial charge in [-0.25, -0.2) is 9.50 Å². The number of aromatic nitrogens is 3.